The van der Waals surface area contributed by atoms with Crippen LogP contribution >= 0.6 is 23.2 Å². The maximum atomic E-state index is 11.2. The van der Waals surface area contributed by atoms with Crippen molar-refractivity contribution < 1.29 is 9.90 Å². The largest absolute Gasteiger partial charge is 0.478 e. The van der Waals surface area contributed by atoms with Gasteiger partial charge in [-0.1, -0.05) is 23.2 Å². The zero-order chi connectivity index (χ0) is 12.4. The van der Waals surface area contributed by atoms with Gasteiger partial charge < -0.3 is 10.0 Å². The highest BCUT2D eigenvalue weighted by Gasteiger charge is 2.21. The molecule has 1 aliphatic rings. The quantitative estimate of drug-likeness (QED) is 0.894. The van der Waals surface area contributed by atoms with Crippen LogP contribution in [0.2, 0.25) is 10.0 Å². The van der Waals surface area contributed by atoms with E-state index in [9.17, 15) is 9.90 Å². The molecule has 1 aliphatic heterocycles. The van der Waals surface area contributed by atoms with E-state index in [1.807, 2.05) is 4.90 Å². The van der Waals surface area contributed by atoms with Crippen molar-refractivity contribution in [2.24, 2.45) is 0 Å². The van der Waals surface area contributed by atoms with Gasteiger partial charge in [0.2, 0.25) is 0 Å². The molecule has 1 saturated heterocycles. The van der Waals surface area contributed by atoms with Gasteiger partial charge in [0.15, 0.2) is 0 Å². The molecule has 2 rings (SSSR count). The molecule has 5 heteroatoms. The number of nitrogens with zero attached hydrogens (tertiary/aromatic N) is 1. The number of halogens is 2. The zero-order valence-electron chi connectivity index (χ0n) is 9.25. The fraction of sp³-hybridized carbons (Fsp3) is 0.417. The number of hydrogen-bond acceptors (Lipinski definition) is 2. The SMILES string of the molecule is O=C(O)c1cc(Cl)cc(Cl)c1N1CCCCC1. The van der Waals surface area contributed by atoms with Crippen molar-refractivity contribution in [3.05, 3.63) is 27.7 Å². The molecule has 1 fully saturated rings. The molecular weight excluding hydrogens is 261 g/mol. The summed E-state index contributed by atoms with van der Waals surface area (Å²) in [5.41, 5.74) is 0.785. The molecular formula is C12H13Cl2NO2. The maximum absolute atomic E-state index is 11.2. The Bertz CT molecular complexity index is 442. The number of carboxylic acids is 1. The molecule has 3 nitrogen and oxygen atoms in total. The van der Waals surface area contributed by atoms with Crippen molar-refractivity contribution in [3.8, 4) is 0 Å². The average Bonchev–Trinajstić information content (AvgIpc) is 2.29. The van der Waals surface area contributed by atoms with Crippen molar-refractivity contribution >= 4 is 34.9 Å². The van der Waals surface area contributed by atoms with Gasteiger partial charge in [0.05, 0.1) is 16.3 Å². The van der Waals surface area contributed by atoms with Gasteiger partial charge >= 0.3 is 5.97 Å². The van der Waals surface area contributed by atoms with E-state index in [0.29, 0.717) is 15.7 Å². The molecule has 0 bridgehead atoms. The molecule has 0 spiro atoms. The van der Waals surface area contributed by atoms with Crippen LogP contribution < -0.4 is 4.90 Å². The van der Waals surface area contributed by atoms with Gasteiger partial charge in [0.25, 0.3) is 0 Å². The lowest BCUT2D eigenvalue weighted by molar-refractivity contribution is 0.0697. The van der Waals surface area contributed by atoms with Crippen molar-refractivity contribution in [1.29, 1.82) is 0 Å². The summed E-state index contributed by atoms with van der Waals surface area (Å²) in [6.45, 7) is 1.70. The Kier molecular flexibility index (Phi) is 3.79. The molecule has 1 heterocycles. The second kappa shape index (κ2) is 5.15. The van der Waals surface area contributed by atoms with Crippen LogP contribution in [0.3, 0.4) is 0 Å². The monoisotopic (exact) mass is 273 g/mol. The van der Waals surface area contributed by atoms with Crippen LogP contribution in [0.1, 0.15) is 29.6 Å². The Labute approximate surface area is 110 Å². The summed E-state index contributed by atoms with van der Waals surface area (Å²) >= 11 is 12.0. The fourth-order valence-corrected chi connectivity index (χ4v) is 2.78. The molecule has 17 heavy (non-hydrogen) atoms. The Morgan fingerprint density at radius 3 is 2.41 bits per heavy atom. The smallest absolute Gasteiger partial charge is 0.337 e. The summed E-state index contributed by atoms with van der Waals surface area (Å²) in [5, 5.41) is 9.97. The number of anilines is 1. The standard InChI is InChI=1S/C12H13Cl2NO2/c13-8-6-9(12(16)17)11(10(14)7-8)15-4-2-1-3-5-15/h6-7H,1-5H2,(H,16,17). The second-order valence-electron chi connectivity index (χ2n) is 4.14. The lowest BCUT2D eigenvalue weighted by atomic mass is 10.1. The number of carboxylic acid groups (broad SMARTS) is 1. The fourth-order valence-electron chi connectivity index (χ4n) is 2.17. The van der Waals surface area contributed by atoms with Crippen molar-refractivity contribution in [3.63, 3.8) is 0 Å². The van der Waals surface area contributed by atoms with E-state index < -0.39 is 5.97 Å². The summed E-state index contributed by atoms with van der Waals surface area (Å²) in [6.07, 6.45) is 3.32. The van der Waals surface area contributed by atoms with E-state index in [-0.39, 0.29) is 5.56 Å². The second-order valence-corrected chi connectivity index (χ2v) is 4.98. The number of rotatable bonds is 2. The highest BCUT2D eigenvalue weighted by molar-refractivity contribution is 6.37. The van der Waals surface area contributed by atoms with Crippen molar-refractivity contribution in [2.45, 2.75) is 19.3 Å². The molecule has 0 amide bonds. The highest BCUT2D eigenvalue weighted by Crippen LogP contribution is 2.34. The summed E-state index contributed by atoms with van der Waals surface area (Å²) in [4.78, 5) is 13.3. The molecule has 0 aliphatic carbocycles. The van der Waals surface area contributed by atoms with E-state index in [1.165, 1.54) is 12.5 Å². The summed E-state index contributed by atoms with van der Waals surface area (Å²) in [7, 11) is 0. The van der Waals surface area contributed by atoms with Gasteiger partial charge in [-0.3, -0.25) is 0 Å². The van der Waals surface area contributed by atoms with E-state index in [4.69, 9.17) is 23.2 Å². The Hall–Kier alpha value is -0.930. The summed E-state index contributed by atoms with van der Waals surface area (Å²) in [5.74, 6) is -0.991. The van der Waals surface area contributed by atoms with Crippen molar-refractivity contribution in [1.82, 2.24) is 0 Å². The van der Waals surface area contributed by atoms with Crippen LogP contribution in [0.5, 0.6) is 0 Å². The zero-order valence-corrected chi connectivity index (χ0v) is 10.8. The first-order valence-electron chi connectivity index (χ1n) is 5.57. The number of hydrogen-bond donors (Lipinski definition) is 1. The molecule has 1 N–H and O–H groups in total. The first kappa shape index (κ1) is 12.5. The van der Waals surface area contributed by atoms with Crippen LogP contribution in [0.25, 0.3) is 0 Å². The molecule has 0 radical (unpaired) electrons. The minimum Gasteiger partial charge on any atom is -0.478 e. The maximum Gasteiger partial charge on any atom is 0.337 e. The third-order valence-electron chi connectivity index (χ3n) is 2.93. The van der Waals surface area contributed by atoms with Crippen LogP contribution in [-0.2, 0) is 0 Å². The van der Waals surface area contributed by atoms with Crippen LogP contribution in [-0.4, -0.2) is 24.2 Å². The lowest BCUT2D eigenvalue weighted by Crippen LogP contribution is -2.31. The lowest BCUT2D eigenvalue weighted by Gasteiger charge is -2.30. The normalized spacial score (nSPS) is 16.0. The Morgan fingerprint density at radius 1 is 1.18 bits per heavy atom. The minimum absolute atomic E-state index is 0.185. The molecule has 1 aromatic rings. The minimum atomic E-state index is -0.991. The average molecular weight is 274 g/mol. The number of piperidine rings is 1. The third kappa shape index (κ3) is 2.67. The van der Waals surface area contributed by atoms with Gasteiger partial charge in [-0.05, 0) is 31.4 Å². The van der Waals surface area contributed by atoms with Gasteiger partial charge in [0, 0.05) is 18.1 Å². The van der Waals surface area contributed by atoms with Gasteiger partial charge in [0.1, 0.15) is 0 Å². The van der Waals surface area contributed by atoms with E-state index in [2.05, 4.69) is 0 Å². The highest BCUT2D eigenvalue weighted by atomic mass is 35.5. The number of aromatic carboxylic acids is 1. The van der Waals surface area contributed by atoms with Gasteiger partial charge in [-0.15, -0.1) is 0 Å². The van der Waals surface area contributed by atoms with E-state index in [1.54, 1.807) is 6.07 Å². The molecule has 0 atom stereocenters. The molecule has 92 valence electrons. The van der Waals surface area contributed by atoms with Crippen LogP contribution in [0.15, 0.2) is 12.1 Å². The molecule has 1 aromatic carbocycles. The van der Waals surface area contributed by atoms with Gasteiger partial charge in [-0.2, -0.15) is 0 Å². The Balaban J connectivity index is 2.46. The van der Waals surface area contributed by atoms with Crippen molar-refractivity contribution in [2.75, 3.05) is 18.0 Å². The molecule has 0 unspecified atom stereocenters. The molecule has 0 aromatic heterocycles. The van der Waals surface area contributed by atoms with Crippen LogP contribution in [0, 0.1) is 0 Å². The van der Waals surface area contributed by atoms with E-state index >= 15 is 0 Å². The third-order valence-corrected chi connectivity index (χ3v) is 3.44. The molecule has 0 saturated carbocycles. The Morgan fingerprint density at radius 2 is 1.82 bits per heavy atom. The van der Waals surface area contributed by atoms with Gasteiger partial charge in [-0.25, -0.2) is 4.79 Å². The predicted molar refractivity (Wildman–Crippen MR) is 69.5 cm³/mol. The summed E-state index contributed by atoms with van der Waals surface area (Å²) in [6, 6.07) is 3.05. The number of benzene rings is 1. The summed E-state index contributed by atoms with van der Waals surface area (Å²) < 4.78 is 0. The first-order chi connectivity index (χ1) is 8.09. The van der Waals surface area contributed by atoms with E-state index in [0.717, 1.165) is 25.9 Å². The topological polar surface area (TPSA) is 40.5 Å². The predicted octanol–water partition coefficient (Wildman–Crippen LogP) is 3.68. The van der Waals surface area contributed by atoms with Crippen LogP contribution in [0.4, 0.5) is 5.69 Å². The number of carbonyl (C=O) groups is 1. The first-order valence-corrected chi connectivity index (χ1v) is 6.32.